The number of aliphatic hydroxyl groups excluding tert-OH is 1. The number of aliphatic hydroxyl groups is 1. The summed E-state index contributed by atoms with van der Waals surface area (Å²) >= 11 is 0. The molecule has 0 aromatic heterocycles. The zero-order chi connectivity index (χ0) is 10.7. The molecule has 1 aliphatic rings. The van der Waals surface area contributed by atoms with Crippen LogP contribution in [0, 0.1) is 5.92 Å². The van der Waals surface area contributed by atoms with Crippen LogP contribution in [0.25, 0.3) is 0 Å². The van der Waals surface area contributed by atoms with E-state index in [1.54, 1.807) is 0 Å². The van der Waals surface area contributed by atoms with E-state index in [1.165, 1.54) is 0 Å². The smallest absolute Gasteiger partial charge is 0.223 e. The van der Waals surface area contributed by atoms with E-state index in [0.29, 0.717) is 19.4 Å². The van der Waals surface area contributed by atoms with E-state index in [1.807, 2.05) is 30.3 Å². The molecule has 0 saturated heterocycles. The molecule has 1 fully saturated rings. The summed E-state index contributed by atoms with van der Waals surface area (Å²) in [5, 5.41) is 11.9. The number of benzene rings is 1. The van der Waals surface area contributed by atoms with Crippen LogP contribution in [0.4, 0.5) is 0 Å². The van der Waals surface area contributed by atoms with Gasteiger partial charge in [0.05, 0.1) is 6.10 Å². The highest BCUT2D eigenvalue weighted by atomic mass is 16.3. The Morgan fingerprint density at radius 3 is 2.60 bits per heavy atom. The molecular weight excluding hydrogens is 190 g/mol. The monoisotopic (exact) mass is 205 g/mol. The number of hydrogen-bond donors (Lipinski definition) is 2. The predicted octanol–water partition coefficient (Wildman–Crippen LogP) is 1.07. The molecule has 2 rings (SSSR count). The van der Waals surface area contributed by atoms with Gasteiger partial charge in [0.2, 0.25) is 5.91 Å². The van der Waals surface area contributed by atoms with Crippen molar-refractivity contribution in [2.45, 2.75) is 25.5 Å². The average molecular weight is 205 g/mol. The molecule has 0 aliphatic heterocycles. The van der Waals surface area contributed by atoms with Gasteiger partial charge in [0, 0.05) is 12.5 Å². The Hall–Kier alpha value is -1.35. The lowest BCUT2D eigenvalue weighted by Gasteiger charge is -2.29. The number of hydrogen-bond acceptors (Lipinski definition) is 2. The molecule has 1 amide bonds. The molecule has 0 atom stereocenters. The van der Waals surface area contributed by atoms with Gasteiger partial charge in [-0.05, 0) is 18.4 Å². The van der Waals surface area contributed by atoms with Crippen molar-refractivity contribution in [3.05, 3.63) is 35.9 Å². The average Bonchev–Trinajstić information content (AvgIpc) is 2.23. The first kappa shape index (κ1) is 10.2. The fourth-order valence-corrected chi connectivity index (χ4v) is 1.73. The molecule has 15 heavy (non-hydrogen) atoms. The number of nitrogens with one attached hydrogen (secondary N) is 1. The third kappa shape index (κ3) is 2.57. The minimum atomic E-state index is -0.266. The van der Waals surface area contributed by atoms with Crippen LogP contribution in [0.5, 0.6) is 0 Å². The van der Waals surface area contributed by atoms with E-state index in [9.17, 15) is 4.79 Å². The standard InChI is InChI=1S/C12H15NO2/c14-11-6-10(7-11)12(15)13-8-9-4-2-1-3-5-9/h1-5,10-11,14H,6-8H2,(H,13,15). The van der Waals surface area contributed by atoms with Crippen molar-refractivity contribution in [2.24, 2.45) is 5.92 Å². The molecule has 0 radical (unpaired) electrons. The molecule has 0 heterocycles. The molecule has 3 heteroatoms. The van der Waals surface area contributed by atoms with Crippen molar-refractivity contribution in [3.8, 4) is 0 Å². The van der Waals surface area contributed by atoms with Gasteiger partial charge in [-0.2, -0.15) is 0 Å². The molecule has 0 unspecified atom stereocenters. The normalized spacial score (nSPS) is 24.3. The second kappa shape index (κ2) is 4.45. The summed E-state index contributed by atoms with van der Waals surface area (Å²) in [7, 11) is 0. The molecule has 1 aliphatic carbocycles. The summed E-state index contributed by atoms with van der Waals surface area (Å²) in [5.74, 6) is 0.0767. The van der Waals surface area contributed by atoms with Crippen LogP contribution in [0.15, 0.2) is 30.3 Å². The van der Waals surface area contributed by atoms with Crippen molar-refractivity contribution < 1.29 is 9.90 Å². The van der Waals surface area contributed by atoms with E-state index in [2.05, 4.69) is 5.32 Å². The highest BCUT2D eigenvalue weighted by molar-refractivity contribution is 5.79. The van der Waals surface area contributed by atoms with Gasteiger partial charge in [0.15, 0.2) is 0 Å². The van der Waals surface area contributed by atoms with Crippen LogP contribution in [0.3, 0.4) is 0 Å². The van der Waals surface area contributed by atoms with Crippen LogP contribution in [-0.2, 0) is 11.3 Å². The molecule has 0 spiro atoms. The lowest BCUT2D eigenvalue weighted by molar-refractivity contribution is -0.131. The van der Waals surface area contributed by atoms with Gasteiger partial charge < -0.3 is 10.4 Å². The molecule has 1 saturated carbocycles. The number of rotatable bonds is 3. The van der Waals surface area contributed by atoms with Crippen molar-refractivity contribution in [1.29, 1.82) is 0 Å². The lowest BCUT2D eigenvalue weighted by Crippen LogP contribution is -2.40. The maximum atomic E-state index is 11.5. The fourth-order valence-electron chi connectivity index (χ4n) is 1.73. The Bertz CT molecular complexity index is 331. The summed E-state index contributed by atoms with van der Waals surface area (Å²) in [4.78, 5) is 11.5. The van der Waals surface area contributed by atoms with E-state index >= 15 is 0 Å². The maximum absolute atomic E-state index is 11.5. The number of amides is 1. The highest BCUT2D eigenvalue weighted by Crippen LogP contribution is 2.27. The summed E-state index contributed by atoms with van der Waals surface area (Å²) in [6.45, 7) is 0.576. The summed E-state index contributed by atoms with van der Waals surface area (Å²) in [5.41, 5.74) is 1.10. The van der Waals surface area contributed by atoms with Crippen molar-refractivity contribution >= 4 is 5.91 Å². The zero-order valence-electron chi connectivity index (χ0n) is 8.52. The Labute approximate surface area is 89.1 Å². The van der Waals surface area contributed by atoms with Crippen molar-refractivity contribution in [2.75, 3.05) is 0 Å². The van der Waals surface area contributed by atoms with E-state index in [0.717, 1.165) is 5.56 Å². The largest absolute Gasteiger partial charge is 0.393 e. The molecular formula is C12H15NO2. The predicted molar refractivity (Wildman–Crippen MR) is 57.0 cm³/mol. The first-order valence-corrected chi connectivity index (χ1v) is 5.25. The number of carbonyl (C=O) groups is 1. The van der Waals surface area contributed by atoms with Crippen molar-refractivity contribution in [3.63, 3.8) is 0 Å². The summed E-state index contributed by atoms with van der Waals surface area (Å²) < 4.78 is 0. The Morgan fingerprint density at radius 1 is 1.33 bits per heavy atom. The van der Waals surface area contributed by atoms with Crippen LogP contribution < -0.4 is 5.32 Å². The quantitative estimate of drug-likeness (QED) is 0.775. The summed E-state index contributed by atoms with van der Waals surface area (Å²) in [6.07, 6.45) is 0.957. The molecule has 0 bridgehead atoms. The minimum Gasteiger partial charge on any atom is -0.393 e. The van der Waals surface area contributed by atoms with Gasteiger partial charge in [-0.3, -0.25) is 4.79 Å². The van der Waals surface area contributed by atoms with Gasteiger partial charge in [-0.15, -0.1) is 0 Å². The van der Waals surface area contributed by atoms with Gasteiger partial charge in [-0.25, -0.2) is 0 Å². The van der Waals surface area contributed by atoms with E-state index < -0.39 is 0 Å². The zero-order valence-corrected chi connectivity index (χ0v) is 8.52. The fraction of sp³-hybridized carbons (Fsp3) is 0.417. The van der Waals surface area contributed by atoms with Gasteiger partial charge in [0.25, 0.3) is 0 Å². The molecule has 80 valence electrons. The number of carbonyl (C=O) groups excluding carboxylic acids is 1. The second-order valence-corrected chi connectivity index (χ2v) is 4.03. The third-order valence-electron chi connectivity index (χ3n) is 2.79. The van der Waals surface area contributed by atoms with Crippen LogP contribution in [0.2, 0.25) is 0 Å². The Kier molecular flexibility index (Phi) is 3.02. The van der Waals surface area contributed by atoms with Gasteiger partial charge in [-0.1, -0.05) is 30.3 Å². The molecule has 3 nitrogen and oxygen atoms in total. The third-order valence-corrected chi connectivity index (χ3v) is 2.79. The second-order valence-electron chi connectivity index (χ2n) is 4.03. The van der Waals surface area contributed by atoms with Crippen LogP contribution >= 0.6 is 0 Å². The summed E-state index contributed by atoms with van der Waals surface area (Å²) in [6, 6.07) is 9.82. The minimum absolute atomic E-state index is 0.0173. The SMILES string of the molecule is O=C(NCc1ccccc1)C1CC(O)C1. The topological polar surface area (TPSA) is 49.3 Å². The highest BCUT2D eigenvalue weighted by Gasteiger charge is 2.32. The van der Waals surface area contributed by atoms with Crippen LogP contribution in [-0.4, -0.2) is 17.1 Å². The van der Waals surface area contributed by atoms with E-state index in [-0.39, 0.29) is 17.9 Å². The van der Waals surface area contributed by atoms with Crippen LogP contribution in [0.1, 0.15) is 18.4 Å². The van der Waals surface area contributed by atoms with Gasteiger partial charge in [0.1, 0.15) is 0 Å². The molecule has 1 aromatic carbocycles. The Morgan fingerprint density at radius 2 is 2.00 bits per heavy atom. The first-order chi connectivity index (χ1) is 7.25. The van der Waals surface area contributed by atoms with E-state index in [4.69, 9.17) is 5.11 Å². The Balaban J connectivity index is 1.76. The maximum Gasteiger partial charge on any atom is 0.223 e. The molecule has 2 N–H and O–H groups in total. The van der Waals surface area contributed by atoms with Gasteiger partial charge >= 0.3 is 0 Å². The molecule has 1 aromatic rings. The first-order valence-electron chi connectivity index (χ1n) is 5.25. The van der Waals surface area contributed by atoms with Crippen molar-refractivity contribution in [1.82, 2.24) is 5.32 Å². The lowest BCUT2D eigenvalue weighted by atomic mass is 9.82.